The van der Waals surface area contributed by atoms with E-state index in [0.717, 1.165) is 18.4 Å². The molecule has 2 saturated heterocycles. The van der Waals surface area contributed by atoms with Gasteiger partial charge in [-0.15, -0.1) is 0 Å². The predicted molar refractivity (Wildman–Crippen MR) is 99.2 cm³/mol. The van der Waals surface area contributed by atoms with Crippen LogP contribution in [-0.2, 0) is 16.9 Å². The third-order valence-electron chi connectivity index (χ3n) is 5.61. The Morgan fingerprint density at radius 3 is 2.56 bits per heavy atom. The van der Waals surface area contributed by atoms with Crippen molar-refractivity contribution in [2.24, 2.45) is 0 Å². The van der Waals surface area contributed by atoms with Crippen LogP contribution in [0.3, 0.4) is 0 Å². The van der Waals surface area contributed by atoms with Crippen molar-refractivity contribution in [3.05, 3.63) is 59.9 Å². The van der Waals surface area contributed by atoms with Crippen LogP contribution in [0.2, 0.25) is 0 Å². The van der Waals surface area contributed by atoms with Gasteiger partial charge in [0.05, 0.1) is 7.11 Å². The molecule has 0 spiro atoms. The highest BCUT2D eigenvalue weighted by atomic mass is 16.6. The summed E-state index contributed by atoms with van der Waals surface area (Å²) in [5.41, 5.74) is 0.431. The van der Waals surface area contributed by atoms with Crippen LogP contribution in [0.5, 0.6) is 5.75 Å². The van der Waals surface area contributed by atoms with Gasteiger partial charge in [-0.25, -0.2) is 4.79 Å². The summed E-state index contributed by atoms with van der Waals surface area (Å²) < 4.78 is 10.9. The topological polar surface area (TPSA) is 71.9 Å². The Hall–Kier alpha value is -2.60. The third kappa shape index (κ3) is 3.37. The van der Waals surface area contributed by atoms with E-state index in [1.807, 2.05) is 41.3 Å². The number of pyridine rings is 1. The van der Waals surface area contributed by atoms with Gasteiger partial charge in [0.15, 0.2) is 0 Å². The van der Waals surface area contributed by atoms with E-state index in [1.165, 1.54) is 0 Å². The van der Waals surface area contributed by atoms with Crippen molar-refractivity contribution in [2.45, 2.75) is 50.0 Å². The second kappa shape index (κ2) is 7.19. The van der Waals surface area contributed by atoms with Gasteiger partial charge >= 0.3 is 6.09 Å². The van der Waals surface area contributed by atoms with Gasteiger partial charge in [-0.3, -0.25) is 4.98 Å². The van der Waals surface area contributed by atoms with E-state index in [-0.39, 0.29) is 24.8 Å². The summed E-state index contributed by atoms with van der Waals surface area (Å²) >= 11 is 0. The largest absolute Gasteiger partial charge is 0.495 e. The molecule has 2 aliphatic heterocycles. The Morgan fingerprint density at radius 2 is 1.89 bits per heavy atom. The molecule has 2 unspecified atom stereocenters. The Labute approximate surface area is 158 Å². The molecule has 1 N–H and O–H groups in total. The molecule has 2 aliphatic rings. The summed E-state index contributed by atoms with van der Waals surface area (Å²) in [5.74, 6) is 0.583. The Morgan fingerprint density at radius 1 is 1.19 bits per heavy atom. The molecular weight excluding hydrogens is 344 g/mol. The molecule has 142 valence electrons. The van der Waals surface area contributed by atoms with Crippen LogP contribution in [0.25, 0.3) is 0 Å². The van der Waals surface area contributed by atoms with Gasteiger partial charge in [-0.05, 0) is 30.5 Å². The first-order valence-corrected chi connectivity index (χ1v) is 9.31. The molecule has 0 radical (unpaired) electrons. The predicted octanol–water partition coefficient (Wildman–Crippen LogP) is 3.24. The van der Waals surface area contributed by atoms with Gasteiger partial charge in [-0.2, -0.15) is 0 Å². The summed E-state index contributed by atoms with van der Waals surface area (Å²) in [6, 6.07) is 13.1. The zero-order chi connectivity index (χ0) is 18.9. The minimum Gasteiger partial charge on any atom is -0.495 e. The fraction of sp³-hybridized carbons (Fsp3) is 0.429. The van der Waals surface area contributed by atoms with Crippen molar-refractivity contribution in [1.82, 2.24) is 9.88 Å². The maximum absolute atomic E-state index is 12.7. The number of rotatable bonds is 4. The Bertz CT molecular complexity index is 797. The Kier molecular flexibility index (Phi) is 4.74. The van der Waals surface area contributed by atoms with Crippen molar-refractivity contribution < 1.29 is 19.4 Å². The normalized spacial score (nSPS) is 26.7. The SMILES string of the molecule is COc1cccnc1C1(O)CC2CCC(C1)N2C(=O)OCc1ccccc1. The highest BCUT2D eigenvalue weighted by Crippen LogP contribution is 2.47. The molecule has 6 heteroatoms. The molecule has 6 nitrogen and oxygen atoms in total. The van der Waals surface area contributed by atoms with Crippen LogP contribution in [-0.4, -0.2) is 40.3 Å². The lowest BCUT2D eigenvalue weighted by molar-refractivity contribution is -0.0576. The van der Waals surface area contributed by atoms with E-state index in [9.17, 15) is 9.90 Å². The average molecular weight is 368 g/mol. The first-order chi connectivity index (χ1) is 13.1. The number of methoxy groups -OCH3 is 1. The number of hydrogen-bond acceptors (Lipinski definition) is 5. The number of amides is 1. The number of aromatic nitrogens is 1. The molecule has 0 aliphatic carbocycles. The number of nitrogens with zero attached hydrogens (tertiary/aromatic N) is 2. The maximum Gasteiger partial charge on any atom is 0.410 e. The van der Waals surface area contributed by atoms with E-state index in [4.69, 9.17) is 9.47 Å². The van der Waals surface area contributed by atoms with E-state index >= 15 is 0 Å². The van der Waals surface area contributed by atoms with Crippen LogP contribution in [0, 0.1) is 0 Å². The monoisotopic (exact) mass is 368 g/mol. The Balaban J connectivity index is 1.48. The second-order valence-corrected chi connectivity index (χ2v) is 7.33. The second-order valence-electron chi connectivity index (χ2n) is 7.33. The van der Waals surface area contributed by atoms with Crippen LogP contribution in [0.1, 0.15) is 36.9 Å². The summed E-state index contributed by atoms with van der Waals surface area (Å²) in [4.78, 5) is 18.9. The number of benzene rings is 1. The third-order valence-corrected chi connectivity index (χ3v) is 5.61. The molecular formula is C21H24N2O4. The van der Waals surface area contributed by atoms with Gasteiger partial charge in [0.1, 0.15) is 23.7 Å². The number of aliphatic hydroxyl groups is 1. The standard InChI is InChI=1S/C21H24N2O4/c1-26-18-8-5-11-22-19(18)21(25)12-16-9-10-17(13-21)23(16)20(24)27-14-15-6-3-2-4-7-15/h2-8,11,16-17,25H,9-10,12-14H2,1H3. The van der Waals surface area contributed by atoms with Crippen LogP contribution < -0.4 is 4.74 Å². The van der Waals surface area contributed by atoms with Crippen molar-refractivity contribution in [3.63, 3.8) is 0 Å². The number of carbonyl (C=O) groups excluding carboxylic acids is 1. The lowest BCUT2D eigenvalue weighted by atomic mass is 9.83. The molecule has 4 rings (SSSR count). The van der Waals surface area contributed by atoms with Crippen LogP contribution in [0.15, 0.2) is 48.7 Å². The average Bonchev–Trinajstić information content (AvgIpc) is 2.99. The number of ether oxygens (including phenoxy) is 2. The molecule has 3 heterocycles. The van der Waals surface area contributed by atoms with Crippen molar-refractivity contribution >= 4 is 6.09 Å². The summed E-state index contributed by atoms with van der Waals surface area (Å²) in [6.07, 6.45) is 3.97. The first-order valence-electron chi connectivity index (χ1n) is 9.31. The summed E-state index contributed by atoms with van der Waals surface area (Å²) in [5, 5.41) is 11.3. The lowest BCUT2D eigenvalue weighted by Crippen LogP contribution is -2.52. The van der Waals surface area contributed by atoms with Gasteiger partial charge < -0.3 is 19.5 Å². The number of fused-ring (bicyclic) bond motifs is 2. The van der Waals surface area contributed by atoms with Crippen LogP contribution >= 0.6 is 0 Å². The molecule has 27 heavy (non-hydrogen) atoms. The summed E-state index contributed by atoms with van der Waals surface area (Å²) in [7, 11) is 1.58. The quantitative estimate of drug-likeness (QED) is 0.897. The van der Waals surface area contributed by atoms with Gasteiger partial charge in [-0.1, -0.05) is 30.3 Å². The zero-order valence-corrected chi connectivity index (χ0v) is 15.4. The minimum absolute atomic E-state index is 0.0521. The van der Waals surface area contributed by atoms with Crippen molar-refractivity contribution in [1.29, 1.82) is 0 Å². The molecule has 1 aromatic heterocycles. The fourth-order valence-corrected chi connectivity index (χ4v) is 4.41. The molecule has 1 aromatic carbocycles. The molecule has 2 fully saturated rings. The minimum atomic E-state index is -1.09. The highest BCUT2D eigenvalue weighted by Gasteiger charge is 2.52. The van der Waals surface area contributed by atoms with Gasteiger partial charge in [0, 0.05) is 31.1 Å². The van der Waals surface area contributed by atoms with Crippen LogP contribution in [0.4, 0.5) is 4.79 Å². The molecule has 2 aromatic rings. The molecule has 2 atom stereocenters. The number of carbonyl (C=O) groups is 1. The first kappa shape index (κ1) is 17.8. The zero-order valence-electron chi connectivity index (χ0n) is 15.4. The van der Waals surface area contributed by atoms with Crippen molar-refractivity contribution in [3.8, 4) is 5.75 Å². The molecule has 1 amide bonds. The van der Waals surface area contributed by atoms with Gasteiger partial charge in [0.25, 0.3) is 0 Å². The smallest absolute Gasteiger partial charge is 0.410 e. The van der Waals surface area contributed by atoms with E-state index in [1.54, 1.807) is 19.4 Å². The number of piperidine rings is 1. The van der Waals surface area contributed by atoms with Gasteiger partial charge in [0.2, 0.25) is 0 Å². The summed E-state index contributed by atoms with van der Waals surface area (Å²) in [6.45, 7) is 0.258. The highest BCUT2D eigenvalue weighted by molar-refractivity contribution is 5.69. The van der Waals surface area contributed by atoms with E-state index in [2.05, 4.69) is 4.98 Å². The fourth-order valence-electron chi connectivity index (χ4n) is 4.41. The van der Waals surface area contributed by atoms with Crippen molar-refractivity contribution in [2.75, 3.05) is 7.11 Å². The molecule has 2 bridgehead atoms. The number of hydrogen-bond donors (Lipinski definition) is 1. The lowest BCUT2D eigenvalue weighted by Gasteiger charge is -2.43. The van der Waals surface area contributed by atoms with E-state index in [0.29, 0.717) is 24.3 Å². The van der Waals surface area contributed by atoms with E-state index < -0.39 is 5.60 Å². The molecule has 0 saturated carbocycles. The maximum atomic E-state index is 12.7.